The van der Waals surface area contributed by atoms with Gasteiger partial charge in [-0.3, -0.25) is 9.59 Å². The molecule has 0 aromatic heterocycles. The van der Waals surface area contributed by atoms with Gasteiger partial charge in [0.15, 0.2) is 0 Å². The minimum absolute atomic E-state index is 0.0414. The zero-order chi connectivity index (χ0) is 10.4. The Labute approximate surface area is 88.0 Å². The lowest BCUT2D eigenvalue weighted by Crippen LogP contribution is -2.34. The summed E-state index contributed by atoms with van der Waals surface area (Å²) < 4.78 is 0. The number of hydrogen-bond acceptors (Lipinski definition) is 3. The Bertz CT molecular complexity index is 215. The van der Waals surface area contributed by atoms with Crippen molar-refractivity contribution in [2.75, 3.05) is 18.1 Å². The van der Waals surface area contributed by atoms with Crippen LogP contribution in [0.2, 0.25) is 0 Å². The third-order valence-corrected chi connectivity index (χ3v) is 3.32. The Morgan fingerprint density at radius 2 is 2.00 bits per heavy atom. The van der Waals surface area contributed by atoms with Crippen molar-refractivity contribution < 1.29 is 9.59 Å². The van der Waals surface area contributed by atoms with Crippen LogP contribution >= 0.6 is 11.8 Å². The first-order valence-corrected chi connectivity index (χ1v) is 5.96. The van der Waals surface area contributed by atoms with Gasteiger partial charge in [-0.25, -0.2) is 0 Å². The van der Waals surface area contributed by atoms with Crippen molar-refractivity contribution in [1.82, 2.24) is 5.32 Å². The zero-order valence-electron chi connectivity index (χ0n) is 8.12. The van der Waals surface area contributed by atoms with Gasteiger partial charge in [-0.1, -0.05) is 0 Å². The lowest BCUT2D eigenvalue weighted by molar-refractivity contribution is -0.125. The predicted octanol–water partition coefficient (Wildman–Crippen LogP) is 0.121. The second kappa shape index (κ2) is 5.90. The number of rotatable bonds is 4. The Balaban J connectivity index is 2.15. The molecular weight excluding hydrogens is 200 g/mol. The van der Waals surface area contributed by atoms with Crippen LogP contribution < -0.4 is 11.1 Å². The van der Waals surface area contributed by atoms with Crippen LogP contribution in [-0.2, 0) is 9.59 Å². The van der Waals surface area contributed by atoms with Gasteiger partial charge in [0.25, 0.3) is 0 Å². The topological polar surface area (TPSA) is 72.2 Å². The molecule has 0 aliphatic carbocycles. The van der Waals surface area contributed by atoms with Crippen molar-refractivity contribution in [3.63, 3.8) is 0 Å². The number of amides is 2. The number of carbonyl (C=O) groups is 2. The molecule has 0 bridgehead atoms. The molecule has 5 heteroatoms. The average molecular weight is 216 g/mol. The smallest absolute Gasteiger partial charge is 0.236 e. The summed E-state index contributed by atoms with van der Waals surface area (Å²) in [4.78, 5) is 21.7. The molecule has 0 radical (unpaired) electrons. The van der Waals surface area contributed by atoms with E-state index in [1.807, 2.05) is 11.8 Å². The zero-order valence-corrected chi connectivity index (χ0v) is 8.94. The van der Waals surface area contributed by atoms with E-state index in [-0.39, 0.29) is 12.5 Å². The number of hydrogen-bond donors (Lipinski definition) is 2. The molecular formula is C9H16N2O2S. The molecule has 80 valence electrons. The molecule has 0 saturated carbocycles. The molecule has 1 aliphatic heterocycles. The highest BCUT2D eigenvalue weighted by molar-refractivity contribution is 7.99. The first-order chi connectivity index (χ1) is 6.68. The van der Waals surface area contributed by atoms with E-state index < -0.39 is 5.91 Å². The summed E-state index contributed by atoms with van der Waals surface area (Å²) in [6.07, 6.45) is 2.75. The Hall–Kier alpha value is -0.710. The largest absolute Gasteiger partial charge is 0.368 e. The van der Waals surface area contributed by atoms with E-state index in [0.717, 1.165) is 24.3 Å². The standard InChI is InChI=1S/C9H16N2O2S/c10-8(12)6-11-9(13)5-7-1-3-14-4-2-7/h7H,1-6H2,(H2,10,12)(H,11,13). The third kappa shape index (κ3) is 4.50. The summed E-state index contributed by atoms with van der Waals surface area (Å²) in [5.74, 6) is 2.24. The molecule has 1 aliphatic rings. The van der Waals surface area contributed by atoms with Gasteiger partial charge in [0.05, 0.1) is 6.54 Å². The number of primary amides is 1. The molecule has 1 heterocycles. The minimum atomic E-state index is -0.488. The predicted molar refractivity (Wildman–Crippen MR) is 56.9 cm³/mol. The average Bonchev–Trinajstić information content (AvgIpc) is 2.16. The van der Waals surface area contributed by atoms with Gasteiger partial charge in [-0.2, -0.15) is 11.8 Å². The molecule has 14 heavy (non-hydrogen) atoms. The number of carbonyl (C=O) groups excluding carboxylic acids is 2. The Kier molecular flexibility index (Phi) is 4.79. The highest BCUT2D eigenvalue weighted by atomic mass is 32.2. The summed E-state index contributed by atoms with van der Waals surface area (Å²) in [6, 6.07) is 0. The van der Waals surface area contributed by atoms with Gasteiger partial charge in [-0.15, -0.1) is 0 Å². The molecule has 2 amide bonds. The fourth-order valence-electron chi connectivity index (χ4n) is 1.47. The van der Waals surface area contributed by atoms with E-state index in [0.29, 0.717) is 12.3 Å². The summed E-state index contributed by atoms with van der Waals surface area (Å²) in [7, 11) is 0. The Morgan fingerprint density at radius 3 is 2.57 bits per heavy atom. The van der Waals surface area contributed by atoms with E-state index in [1.54, 1.807) is 0 Å². The van der Waals surface area contributed by atoms with Crippen molar-refractivity contribution >= 4 is 23.6 Å². The highest BCUT2D eigenvalue weighted by Crippen LogP contribution is 2.24. The van der Waals surface area contributed by atoms with Crippen LogP contribution in [0, 0.1) is 5.92 Å². The maximum atomic E-state index is 11.3. The maximum Gasteiger partial charge on any atom is 0.236 e. The van der Waals surface area contributed by atoms with Gasteiger partial charge < -0.3 is 11.1 Å². The molecule has 0 atom stereocenters. The lowest BCUT2D eigenvalue weighted by atomic mass is 9.98. The summed E-state index contributed by atoms with van der Waals surface area (Å²) in [6.45, 7) is -0.0414. The fourth-order valence-corrected chi connectivity index (χ4v) is 2.67. The van der Waals surface area contributed by atoms with Crippen LogP contribution in [0.5, 0.6) is 0 Å². The van der Waals surface area contributed by atoms with Crippen molar-refractivity contribution in [3.8, 4) is 0 Å². The molecule has 1 fully saturated rings. The number of thioether (sulfide) groups is 1. The molecule has 4 nitrogen and oxygen atoms in total. The minimum Gasteiger partial charge on any atom is -0.368 e. The van der Waals surface area contributed by atoms with E-state index in [2.05, 4.69) is 5.32 Å². The first-order valence-electron chi connectivity index (χ1n) is 4.81. The molecule has 1 saturated heterocycles. The van der Waals surface area contributed by atoms with Crippen molar-refractivity contribution in [2.24, 2.45) is 11.7 Å². The molecule has 0 spiro atoms. The monoisotopic (exact) mass is 216 g/mol. The summed E-state index contributed by atoms with van der Waals surface area (Å²) in [5, 5.41) is 2.51. The van der Waals surface area contributed by atoms with Gasteiger partial charge in [0.1, 0.15) is 0 Å². The van der Waals surface area contributed by atoms with Crippen LogP contribution in [0.25, 0.3) is 0 Å². The van der Waals surface area contributed by atoms with Crippen LogP contribution in [0.1, 0.15) is 19.3 Å². The fraction of sp³-hybridized carbons (Fsp3) is 0.778. The summed E-state index contributed by atoms with van der Waals surface area (Å²) in [5.41, 5.74) is 4.92. The van der Waals surface area contributed by atoms with Gasteiger partial charge in [0.2, 0.25) is 11.8 Å². The molecule has 0 unspecified atom stereocenters. The van der Waals surface area contributed by atoms with Crippen LogP contribution in [0.3, 0.4) is 0 Å². The number of nitrogens with one attached hydrogen (secondary N) is 1. The quantitative estimate of drug-likeness (QED) is 0.701. The van der Waals surface area contributed by atoms with Crippen molar-refractivity contribution in [3.05, 3.63) is 0 Å². The van der Waals surface area contributed by atoms with E-state index in [1.165, 1.54) is 0 Å². The molecule has 1 rings (SSSR count). The highest BCUT2D eigenvalue weighted by Gasteiger charge is 2.17. The Morgan fingerprint density at radius 1 is 1.36 bits per heavy atom. The molecule has 0 aromatic rings. The van der Waals surface area contributed by atoms with Crippen LogP contribution in [0.15, 0.2) is 0 Å². The maximum absolute atomic E-state index is 11.3. The first kappa shape index (κ1) is 11.4. The lowest BCUT2D eigenvalue weighted by Gasteiger charge is -2.20. The second-order valence-electron chi connectivity index (χ2n) is 3.50. The van der Waals surface area contributed by atoms with Gasteiger partial charge in [-0.05, 0) is 30.3 Å². The third-order valence-electron chi connectivity index (χ3n) is 2.27. The van der Waals surface area contributed by atoms with Crippen molar-refractivity contribution in [1.29, 1.82) is 0 Å². The molecule has 3 N–H and O–H groups in total. The second-order valence-corrected chi connectivity index (χ2v) is 4.73. The SMILES string of the molecule is NC(=O)CNC(=O)CC1CCSCC1. The van der Waals surface area contributed by atoms with Crippen molar-refractivity contribution in [2.45, 2.75) is 19.3 Å². The van der Waals surface area contributed by atoms with E-state index in [4.69, 9.17) is 5.73 Å². The normalized spacial score (nSPS) is 17.7. The van der Waals surface area contributed by atoms with Gasteiger partial charge in [0, 0.05) is 6.42 Å². The molecule has 0 aromatic carbocycles. The van der Waals surface area contributed by atoms with Crippen LogP contribution in [-0.4, -0.2) is 29.9 Å². The summed E-state index contributed by atoms with van der Waals surface area (Å²) >= 11 is 1.94. The van der Waals surface area contributed by atoms with E-state index in [9.17, 15) is 9.59 Å². The van der Waals surface area contributed by atoms with Crippen LogP contribution in [0.4, 0.5) is 0 Å². The van der Waals surface area contributed by atoms with E-state index >= 15 is 0 Å². The van der Waals surface area contributed by atoms with Gasteiger partial charge >= 0.3 is 0 Å². The number of nitrogens with two attached hydrogens (primary N) is 1.